The molecule has 1 aliphatic rings. The highest BCUT2D eigenvalue weighted by Crippen LogP contribution is 2.27. The molecule has 132 valence electrons. The second kappa shape index (κ2) is 8.34. The average molecular weight is 345 g/mol. The molecular formula is C18H20FN3O3. The van der Waals surface area contributed by atoms with E-state index in [2.05, 4.69) is 16.9 Å². The van der Waals surface area contributed by atoms with Crippen molar-refractivity contribution in [1.82, 2.24) is 10.3 Å². The Balaban J connectivity index is 2.26. The molecule has 0 aromatic carbocycles. The van der Waals surface area contributed by atoms with E-state index in [1.54, 1.807) is 13.0 Å². The van der Waals surface area contributed by atoms with Crippen molar-refractivity contribution < 1.29 is 19.1 Å². The minimum atomic E-state index is -0.509. The highest BCUT2D eigenvalue weighted by atomic mass is 19.1. The second-order valence-electron chi connectivity index (χ2n) is 5.58. The van der Waals surface area contributed by atoms with Gasteiger partial charge in [-0.15, -0.1) is 0 Å². The maximum Gasteiger partial charge on any atom is 0.327 e. The lowest BCUT2D eigenvalue weighted by molar-refractivity contribution is 0.111. The number of nitrogens with zero attached hydrogens (tertiary/aromatic N) is 2. The van der Waals surface area contributed by atoms with Crippen LogP contribution in [0.1, 0.15) is 35.0 Å². The number of hydrogen-bond donors (Lipinski definition) is 2. The van der Waals surface area contributed by atoms with E-state index in [0.717, 1.165) is 18.1 Å². The number of nitrogens with one attached hydrogen (secondary N) is 1. The fourth-order valence-electron chi connectivity index (χ4n) is 2.53. The van der Waals surface area contributed by atoms with E-state index in [9.17, 15) is 19.1 Å². The molecule has 25 heavy (non-hydrogen) atoms. The van der Waals surface area contributed by atoms with Crippen molar-refractivity contribution in [3.63, 3.8) is 0 Å². The van der Waals surface area contributed by atoms with Crippen LogP contribution in [-0.4, -0.2) is 29.0 Å². The van der Waals surface area contributed by atoms with Gasteiger partial charge in [-0.1, -0.05) is 6.58 Å². The van der Waals surface area contributed by atoms with Gasteiger partial charge >= 0.3 is 6.03 Å². The number of hydrogen-bond acceptors (Lipinski definition) is 4. The Kier molecular flexibility index (Phi) is 6.19. The number of amides is 2. The van der Waals surface area contributed by atoms with Crippen LogP contribution in [0.4, 0.5) is 15.0 Å². The molecule has 6 nitrogen and oxygen atoms in total. The van der Waals surface area contributed by atoms with E-state index < -0.39 is 11.9 Å². The predicted octanol–water partition coefficient (Wildman–Crippen LogP) is 2.79. The molecule has 0 unspecified atom stereocenters. The molecule has 0 fully saturated rings. The summed E-state index contributed by atoms with van der Waals surface area (Å²) in [6, 6.07) is 1.29. The predicted molar refractivity (Wildman–Crippen MR) is 92.9 cm³/mol. The van der Waals surface area contributed by atoms with Gasteiger partial charge in [-0.2, -0.15) is 0 Å². The SMILES string of the molecule is C=C/C(F)=C\C=C(/C)NC(=O)N1CCCc2cc(CO)c(C=O)nc21. The maximum absolute atomic E-state index is 13.0. The van der Waals surface area contributed by atoms with E-state index in [-0.39, 0.29) is 12.3 Å². The summed E-state index contributed by atoms with van der Waals surface area (Å²) in [5.74, 6) is -0.102. The molecular weight excluding hydrogens is 325 g/mol. The molecule has 1 aromatic rings. The quantitative estimate of drug-likeness (QED) is 0.635. The largest absolute Gasteiger partial charge is 0.392 e. The van der Waals surface area contributed by atoms with Gasteiger partial charge in [-0.3, -0.25) is 9.69 Å². The number of fused-ring (bicyclic) bond motifs is 1. The van der Waals surface area contributed by atoms with E-state index in [1.165, 1.54) is 17.1 Å². The third kappa shape index (κ3) is 4.39. The molecule has 1 aliphatic heterocycles. The number of carbonyl (C=O) groups excluding carboxylic acids is 2. The molecule has 0 saturated carbocycles. The van der Waals surface area contributed by atoms with Gasteiger partial charge in [0.05, 0.1) is 6.61 Å². The Morgan fingerprint density at radius 2 is 2.28 bits per heavy atom. The van der Waals surface area contributed by atoms with Gasteiger partial charge in [0.2, 0.25) is 0 Å². The van der Waals surface area contributed by atoms with Gasteiger partial charge in [0, 0.05) is 17.8 Å². The average Bonchev–Trinajstić information content (AvgIpc) is 2.64. The fraction of sp³-hybridized carbons (Fsp3) is 0.278. The minimum absolute atomic E-state index is 0.115. The molecule has 0 saturated heterocycles. The Morgan fingerprint density at radius 1 is 1.52 bits per heavy atom. The van der Waals surface area contributed by atoms with Crippen molar-refractivity contribution in [3.05, 3.63) is 59.2 Å². The van der Waals surface area contributed by atoms with Crippen LogP contribution in [0, 0.1) is 0 Å². The Bertz CT molecular complexity index is 756. The third-order valence-corrected chi connectivity index (χ3v) is 3.79. The highest BCUT2D eigenvalue weighted by molar-refractivity contribution is 5.93. The summed E-state index contributed by atoms with van der Waals surface area (Å²) in [5, 5.41) is 12.0. The van der Waals surface area contributed by atoms with Gasteiger partial charge in [-0.05, 0) is 49.6 Å². The van der Waals surface area contributed by atoms with Crippen molar-refractivity contribution in [1.29, 1.82) is 0 Å². The van der Waals surface area contributed by atoms with Crippen molar-refractivity contribution in [2.45, 2.75) is 26.4 Å². The Labute approximate surface area is 145 Å². The van der Waals surface area contributed by atoms with Crippen LogP contribution in [0.2, 0.25) is 0 Å². The molecule has 0 bridgehead atoms. The monoisotopic (exact) mass is 345 g/mol. The first kappa shape index (κ1) is 18.5. The van der Waals surface area contributed by atoms with Crippen molar-refractivity contribution in [2.24, 2.45) is 0 Å². The molecule has 1 aromatic heterocycles. The second-order valence-corrected chi connectivity index (χ2v) is 5.58. The van der Waals surface area contributed by atoms with E-state index in [1.807, 2.05) is 0 Å². The molecule has 0 spiro atoms. The topological polar surface area (TPSA) is 82.5 Å². The van der Waals surface area contributed by atoms with Gasteiger partial charge in [0.1, 0.15) is 17.3 Å². The van der Waals surface area contributed by atoms with Gasteiger partial charge in [-0.25, -0.2) is 14.2 Å². The fourth-order valence-corrected chi connectivity index (χ4v) is 2.53. The van der Waals surface area contributed by atoms with Gasteiger partial charge in [0.25, 0.3) is 0 Å². The number of allylic oxidation sites excluding steroid dienone is 5. The van der Waals surface area contributed by atoms with Crippen molar-refractivity contribution >= 4 is 18.1 Å². The standard InChI is InChI=1S/C18H20FN3O3/c1-3-15(19)7-6-12(2)20-18(25)22-8-4-5-13-9-14(10-23)16(11-24)21-17(13)22/h3,6-7,9,11,23H,1,4-5,8,10H2,2H3,(H,20,25)/b12-6+,15-7+. The first-order valence-electron chi connectivity index (χ1n) is 7.84. The number of aliphatic hydroxyl groups is 1. The summed E-state index contributed by atoms with van der Waals surface area (Å²) in [7, 11) is 0. The number of anilines is 1. The number of halogens is 1. The molecule has 2 amide bonds. The zero-order valence-corrected chi connectivity index (χ0v) is 14.0. The van der Waals surface area contributed by atoms with Crippen LogP contribution >= 0.6 is 0 Å². The number of aromatic nitrogens is 1. The van der Waals surface area contributed by atoms with Gasteiger partial charge < -0.3 is 10.4 Å². The summed E-state index contributed by atoms with van der Waals surface area (Å²) in [6.07, 6.45) is 5.70. The number of urea groups is 1. The first-order chi connectivity index (χ1) is 12.0. The van der Waals surface area contributed by atoms with Crippen LogP contribution in [0.3, 0.4) is 0 Å². The zero-order valence-electron chi connectivity index (χ0n) is 14.0. The number of carbonyl (C=O) groups is 2. The molecule has 2 N–H and O–H groups in total. The number of aldehydes is 1. The summed E-state index contributed by atoms with van der Waals surface area (Å²) >= 11 is 0. The van der Waals surface area contributed by atoms with Crippen molar-refractivity contribution in [3.8, 4) is 0 Å². The normalized spacial score (nSPS) is 14.8. The van der Waals surface area contributed by atoms with Crippen molar-refractivity contribution in [2.75, 3.05) is 11.4 Å². The Morgan fingerprint density at radius 3 is 2.92 bits per heavy atom. The number of rotatable bonds is 5. The lowest BCUT2D eigenvalue weighted by Crippen LogP contribution is -2.43. The molecule has 2 heterocycles. The maximum atomic E-state index is 13.0. The lowest BCUT2D eigenvalue weighted by Gasteiger charge is -2.29. The zero-order chi connectivity index (χ0) is 18.4. The van der Waals surface area contributed by atoms with Gasteiger partial charge in [0.15, 0.2) is 6.29 Å². The van der Waals surface area contributed by atoms with Crippen LogP contribution in [0.5, 0.6) is 0 Å². The van der Waals surface area contributed by atoms with E-state index in [0.29, 0.717) is 36.3 Å². The summed E-state index contributed by atoms with van der Waals surface area (Å²) in [6.45, 7) is 5.10. The van der Waals surface area contributed by atoms with Crippen LogP contribution in [0.15, 0.2) is 42.4 Å². The summed E-state index contributed by atoms with van der Waals surface area (Å²) < 4.78 is 13.0. The molecule has 0 radical (unpaired) electrons. The van der Waals surface area contributed by atoms with E-state index in [4.69, 9.17) is 0 Å². The smallest absolute Gasteiger partial charge is 0.327 e. The summed E-state index contributed by atoms with van der Waals surface area (Å²) in [4.78, 5) is 29.3. The lowest BCUT2D eigenvalue weighted by atomic mass is 10.0. The number of aryl methyl sites for hydroxylation is 1. The van der Waals surface area contributed by atoms with Crippen LogP contribution in [-0.2, 0) is 13.0 Å². The Hall–Kier alpha value is -2.80. The summed E-state index contributed by atoms with van der Waals surface area (Å²) in [5.41, 5.74) is 1.81. The van der Waals surface area contributed by atoms with E-state index >= 15 is 0 Å². The van der Waals surface area contributed by atoms with Crippen LogP contribution in [0.25, 0.3) is 0 Å². The molecule has 0 atom stereocenters. The third-order valence-electron chi connectivity index (χ3n) is 3.79. The highest BCUT2D eigenvalue weighted by Gasteiger charge is 2.25. The number of pyridine rings is 1. The molecule has 7 heteroatoms. The van der Waals surface area contributed by atoms with Crippen LogP contribution < -0.4 is 10.2 Å². The molecule has 2 rings (SSSR count). The minimum Gasteiger partial charge on any atom is -0.392 e. The molecule has 0 aliphatic carbocycles. The number of aliphatic hydroxyl groups excluding tert-OH is 1. The first-order valence-corrected chi connectivity index (χ1v) is 7.84.